The van der Waals surface area contributed by atoms with Gasteiger partial charge in [-0.1, -0.05) is 42.7 Å². The van der Waals surface area contributed by atoms with Gasteiger partial charge in [0.1, 0.15) is 0 Å². The van der Waals surface area contributed by atoms with Gasteiger partial charge in [-0.25, -0.2) is 0 Å². The number of tetrazole rings is 1. The third kappa shape index (κ3) is 3.11. The SMILES string of the molecule is CCCC(Nc1nnnn1-c1ccccc1)c1cccs1. The molecule has 0 fully saturated rings. The van der Waals surface area contributed by atoms with Crippen LogP contribution < -0.4 is 5.32 Å². The van der Waals surface area contributed by atoms with E-state index in [1.807, 2.05) is 30.3 Å². The van der Waals surface area contributed by atoms with Gasteiger partial charge in [0, 0.05) is 4.88 Å². The summed E-state index contributed by atoms with van der Waals surface area (Å²) in [5.41, 5.74) is 0.950. The highest BCUT2D eigenvalue weighted by Crippen LogP contribution is 2.27. The minimum Gasteiger partial charge on any atom is -0.345 e. The van der Waals surface area contributed by atoms with Crippen LogP contribution in [0.1, 0.15) is 30.7 Å². The first kappa shape index (κ1) is 13.8. The van der Waals surface area contributed by atoms with Gasteiger partial charge in [0.2, 0.25) is 5.95 Å². The lowest BCUT2D eigenvalue weighted by Gasteiger charge is -2.17. The molecule has 0 aliphatic carbocycles. The predicted octanol–water partition coefficient (Wildman–Crippen LogP) is 3.68. The van der Waals surface area contributed by atoms with Crippen LogP contribution in [0.4, 0.5) is 5.95 Å². The molecule has 3 rings (SSSR count). The van der Waals surface area contributed by atoms with Crippen molar-refractivity contribution in [3.8, 4) is 5.69 Å². The zero-order valence-corrected chi connectivity index (χ0v) is 12.6. The Bertz CT molecular complexity index is 662. The van der Waals surface area contributed by atoms with E-state index in [0.717, 1.165) is 18.5 Å². The Morgan fingerprint density at radius 2 is 2.05 bits per heavy atom. The molecular formula is C15H17N5S. The van der Waals surface area contributed by atoms with Crippen molar-refractivity contribution < 1.29 is 0 Å². The lowest BCUT2D eigenvalue weighted by molar-refractivity contribution is 0.675. The second-order valence-corrected chi connectivity index (χ2v) is 5.73. The molecule has 5 nitrogen and oxygen atoms in total. The van der Waals surface area contributed by atoms with E-state index < -0.39 is 0 Å². The van der Waals surface area contributed by atoms with Crippen LogP contribution in [0.2, 0.25) is 0 Å². The maximum atomic E-state index is 4.12. The molecule has 0 spiro atoms. The molecule has 0 saturated carbocycles. The molecule has 0 saturated heterocycles. The Morgan fingerprint density at radius 3 is 2.76 bits per heavy atom. The first-order valence-electron chi connectivity index (χ1n) is 7.02. The van der Waals surface area contributed by atoms with Crippen LogP contribution in [0.25, 0.3) is 5.69 Å². The molecule has 0 amide bonds. The fraction of sp³-hybridized carbons (Fsp3) is 0.267. The van der Waals surface area contributed by atoms with Crippen molar-refractivity contribution >= 4 is 17.3 Å². The smallest absolute Gasteiger partial charge is 0.248 e. The molecule has 0 aliphatic rings. The molecule has 21 heavy (non-hydrogen) atoms. The number of anilines is 1. The molecule has 0 radical (unpaired) electrons. The van der Waals surface area contributed by atoms with Crippen LogP contribution >= 0.6 is 11.3 Å². The summed E-state index contributed by atoms with van der Waals surface area (Å²) in [6, 6.07) is 14.4. The Labute approximate surface area is 127 Å². The molecule has 1 N–H and O–H groups in total. The van der Waals surface area contributed by atoms with Gasteiger partial charge >= 0.3 is 0 Å². The van der Waals surface area contributed by atoms with Gasteiger partial charge in [-0.15, -0.1) is 11.3 Å². The van der Waals surface area contributed by atoms with Crippen LogP contribution in [-0.2, 0) is 0 Å². The Hall–Kier alpha value is -2.21. The van der Waals surface area contributed by atoms with Gasteiger partial charge < -0.3 is 5.32 Å². The second kappa shape index (κ2) is 6.49. The number of nitrogens with zero attached hydrogens (tertiary/aromatic N) is 4. The van der Waals surface area contributed by atoms with Crippen LogP contribution in [0.15, 0.2) is 47.8 Å². The number of aromatic nitrogens is 4. The van der Waals surface area contributed by atoms with Crippen LogP contribution in [0.3, 0.4) is 0 Å². The molecule has 1 aromatic carbocycles. The standard InChI is InChI=1S/C15H17N5S/c1-2-7-13(14-10-6-11-21-14)16-15-17-18-19-20(15)12-8-4-3-5-9-12/h3-6,8-11,13H,2,7H2,1H3,(H,16,17,19). The van der Waals surface area contributed by atoms with Gasteiger partial charge in [0.15, 0.2) is 0 Å². The minimum absolute atomic E-state index is 0.239. The molecule has 2 aromatic heterocycles. The summed E-state index contributed by atoms with van der Waals surface area (Å²) in [7, 11) is 0. The Kier molecular flexibility index (Phi) is 4.25. The first-order chi connectivity index (χ1) is 10.4. The van der Waals surface area contributed by atoms with Crippen molar-refractivity contribution in [2.45, 2.75) is 25.8 Å². The van der Waals surface area contributed by atoms with E-state index in [1.165, 1.54) is 4.88 Å². The predicted molar refractivity (Wildman–Crippen MR) is 84.7 cm³/mol. The highest BCUT2D eigenvalue weighted by atomic mass is 32.1. The van der Waals surface area contributed by atoms with Crippen LogP contribution in [-0.4, -0.2) is 20.2 Å². The Morgan fingerprint density at radius 1 is 1.19 bits per heavy atom. The summed E-state index contributed by atoms with van der Waals surface area (Å²) >= 11 is 1.75. The molecule has 1 atom stereocenters. The van der Waals surface area contributed by atoms with E-state index in [2.05, 4.69) is 45.3 Å². The molecule has 6 heteroatoms. The monoisotopic (exact) mass is 299 g/mol. The third-order valence-corrected chi connectivity index (χ3v) is 4.22. The number of benzene rings is 1. The van der Waals surface area contributed by atoms with Gasteiger partial charge in [-0.3, -0.25) is 0 Å². The number of thiophene rings is 1. The van der Waals surface area contributed by atoms with E-state index in [1.54, 1.807) is 16.0 Å². The second-order valence-electron chi connectivity index (χ2n) is 4.75. The summed E-state index contributed by atoms with van der Waals surface area (Å²) in [5, 5.41) is 17.6. The van der Waals surface area contributed by atoms with Crippen molar-refractivity contribution in [1.82, 2.24) is 20.2 Å². The van der Waals surface area contributed by atoms with Crippen LogP contribution in [0.5, 0.6) is 0 Å². The first-order valence-corrected chi connectivity index (χ1v) is 7.90. The number of hydrogen-bond donors (Lipinski definition) is 1. The maximum Gasteiger partial charge on any atom is 0.248 e. The van der Waals surface area contributed by atoms with E-state index in [0.29, 0.717) is 5.95 Å². The quantitative estimate of drug-likeness (QED) is 0.754. The van der Waals surface area contributed by atoms with Crippen molar-refractivity contribution in [3.05, 3.63) is 52.7 Å². The number of nitrogens with one attached hydrogen (secondary N) is 1. The maximum absolute atomic E-state index is 4.12. The van der Waals surface area contributed by atoms with E-state index >= 15 is 0 Å². The van der Waals surface area contributed by atoms with Crippen molar-refractivity contribution in [2.24, 2.45) is 0 Å². The zero-order chi connectivity index (χ0) is 14.5. The van der Waals surface area contributed by atoms with Gasteiger partial charge in [0.25, 0.3) is 0 Å². The summed E-state index contributed by atoms with van der Waals surface area (Å²) in [4.78, 5) is 1.31. The van der Waals surface area contributed by atoms with Gasteiger partial charge in [0.05, 0.1) is 11.7 Å². The molecule has 3 aromatic rings. The van der Waals surface area contributed by atoms with Crippen molar-refractivity contribution in [1.29, 1.82) is 0 Å². The summed E-state index contributed by atoms with van der Waals surface area (Å²) in [5.74, 6) is 0.674. The van der Waals surface area contributed by atoms with Crippen LogP contribution in [0, 0.1) is 0 Å². The minimum atomic E-state index is 0.239. The van der Waals surface area contributed by atoms with Gasteiger partial charge in [-0.2, -0.15) is 4.68 Å². The van der Waals surface area contributed by atoms with Crippen molar-refractivity contribution in [2.75, 3.05) is 5.32 Å². The highest BCUT2D eigenvalue weighted by molar-refractivity contribution is 7.10. The summed E-state index contributed by atoms with van der Waals surface area (Å²) < 4.78 is 1.73. The average Bonchev–Trinajstić information content (AvgIpc) is 3.19. The molecule has 0 bridgehead atoms. The lowest BCUT2D eigenvalue weighted by Crippen LogP contribution is -2.13. The molecule has 2 heterocycles. The van der Waals surface area contributed by atoms with Crippen molar-refractivity contribution in [3.63, 3.8) is 0 Å². The van der Waals surface area contributed by atoms with E-state index in [4.69, 9.17) is 0 Å². The number of para-hydroxylation sites is 1. The molecule has 0 aliphatic heterocycles. The fourth-order valence-electron chi connectivity index (χ4n) is 2.24. The van der Waals surface area contributed by atoms with Gasteiger partial charge in [-0.05, 0) is 40.4 Å². The Balaban J connectivity index is 1.86. The summed E-state index contributed by atoms with van der Waals surface area (Å²) in [6.07, 6.45) is 2.14. The van der Waals surface area contributed by atoms with E-state index in [9.17, 15) is 0 Å². The molecule has 1 unspecified atom stereocenters. The zero-order valence-electron chi connectivity index (χ0n) is 11.8. The topological polar surface area (TPSA) is 55.6 Å². The normalized spacial score (nSPS) is 12.2. The number of rotatable bonds is 6. The summed E-state index contributed by atoms with van der Waals surface area (Å²) in [6.45, 7) is 2.18. The lowest BCUT2D eigenvalue weighted by atomic mass is 10.1. The fourth-order valence-corrected chi connectivity index (χ4v) is 3.05. The number of hydrogen-bond acceptors (Lipinski definition) is 5. The third-order valence-electron chi connectivity index (χ3n) is 3.24. The van der Waals surface area contributed by atoms with E-state index in [-0.39, 0.29) is 6.04 Å². The molecular weight excluding hydrogens is 282 g/mol. The largest absolute Gasteiger partial charge is 0.345 e. The highest BCUT2D eigenvalue weighted by Gasteiger charge is 2.16. The molecule has 108 valence electrons. The average molecular weight is 299 g/mol.